The molecule has 10 heteroatoms. The molecule has 1 aromatic rings. The molecule has 1 aliphatic rings. The van der Waals surface area contributed by atoms with Gasteiger partial charge in [0.25, 0.3) is 0 Å². The molecule has 0 fully saturated rings. The third-order valence-corrected chi connectivity index (χ3v) is 3.82. The van der Waals surface area contributed by atoms with Crippen LogP contribution in [0, 0.1) is 5.92 Å². The van der Waals surface area contributed by atoms with Crippen molar-refractivity contribution in [3.63, 3.8) is 0 Å². The van der Waals surface area contributed by atoms with Crippen LogP contribution in [0.5, 0.6) is 0 Å². The second kappa shape index (κ2) is 9.93. The van der Waals surface area contributed by atoms with Gasteiger partial charge >= 0.3 is 6.09 Å². The van der Waals surface area contributed by atoms with Crippen molar-refractivity contribution in [2.24, 2.45) is 5.92 Å². The van der Waals surface area contributed by atoms with E-state index in [1.54, 1.807) is 30.3 Å². The van der Waals surface area contributed by atoms with Crippen LogP contribution in [-0.2, 0) is 14.4 Å². The van der Waals surface area contributed by atoms with Crippen LogP contribution in [0.15, 0.2) is 41.9 Å². The summed E-state index contributed by atoms with van der Waals surface area (Å²) in [7, 11) is 0. The Hall–Kier alpha value is -2.82. The van der Waals surface area contributed by atoms with E-state index in [0.29, 0.717) is 5.69 Å². The maximum Gasteiger partial charge on any atom is 0.436 e. The average molecular weight is 395 g/mol. The molecule has 0 spiro atoms. The molecule has 1 aromatic carbocycles. The van der Waals surface area contributed by atoms with Crippen LogP contribution < -0.4 is 16.1 Å². The van der Waals surface area contributed by atoms with Gasteiger partial charge in [0.05, 0.1) is 6.61 Å². The molecule has 0 aliphatic carbocycles. The highest BCUT2D eigenvalue weighted by Gasteiger charge is 2.39. The third kappa shape index (κ3) is 5.84. The van der Waals surface area contributed by atoms with Gasteiger partial charge in [-0.25, -0.2) is 4.79 Å². The Morgan fingerprint density at radius 2 is 1.86 bits per heavy atom. The molecule has 3 atom stereocenters. The van der Waals surface area contributed by atoms with Crippen LogP contribution in [0.25, 0.3) is 0 Å². The van der Waals surface area contributed by atoms with Crippen LogP contribution in [0.1, 0.15) is 20.3 Å². The van der Waals surface area contributed by atoms with Gasteiger partial charge in [-0.05, 0) is 18.1 Å². The first-order chi connectivity index (χ1) is 13.3. The normalized spacial score (nSPS) is 21.7. The number of aliphatic hydroxyl groups excluding tert-OH is 3. The van der Waals surface area contributed by atoms with Crippen LogP contribution >= 0.6 is 0 Å². The van der Waals surface area contributed by atoms with Gasteiger partial charge in [0.15, 0.2) is 6.10 Å². The van der Waals surface area contributed by atoms with E-state index in [0.717, 1.165) is 0 Å². The minimum absolute atomic E-state index is 0.0571. The molecule has 0 bridgehead atoms. The highest BCUT2D eigenvalue weighted by molar-refractivity contribution is 5.84. The molecule has 28 heavy (non-hydrogen) atoms. The molecule has 2 amide bonds. The van der Waals surface area contributed by atoms with E-state index in [9.17, 15) is 24.9 Å². The highest BCUT2D eigenvalue weighted by Crippen LogP contribution is 2.22. The van der Waals surface area contributed by atoms with Crippen molar-refractivity contribution in [1.29, 1.82) is 0 Å². The Morgan fingerprint density at radius 3 is 2.46 bits per heavy atom. The van der Waals surface area contributed by atoms with E-state index >= 15 is 0 Å². The number of aliphatic hydroxyl groups is 3. The van der Waals surface area contributed by atoms with Crippen LogP contribution in [0.2, 0.25) is 0 Å². The molecule has 1 heterocycles. The zero-order valence-corrected chi connectivity index (χ0v) is 15.6. The minimum Gasteiger partial charge on any atom is -0.467 e. The van der Waals surface area contributed by atoms with Gasteiger partial charge in [0.1, 0.15) is 17.9 Å². The maximum atomic E-state index is 12.1. The second-order valence-electron chi connectivity index (χ2n) is 6.65. The van der Waals surface area contributed by atoms with Crippen molar-refractivity contribution in [2.75, 3.05) is 11.9 Å². The van der Waals surface area contributed by atoms with E-state index in [1.165, 1.54) is 0 Å². The number of rotatable bonds is 7. The predicted octanol–water partition coefficient (Wildman–Crippen LogP) is 0.184. The zero-order chi connectivity index (χ0) is 20.7. The summed E-state index contributed by atoms with van der Waals surface area (Å²) in [6, 6.07) is 8.53. The van der Waals surface area contributed by atoms with Gasteiger partial charge < -0.3 is 30.2 Å². The summed E-state index contributed by atoms with van der Waals surface area (Å²) in [6.07, 6.45) is -4.94. The largest absolute Gasteiger partial charge is 0.467 e. The number of nitrogens with one attached hydrogen (secondary N) is 3. The quantitative estimate of drug-likeness (QED) is 0.358. The number of benzene rings is 1. The van der Waals surface area contributed by atoms with Crippen molar-refractivity contribution in [2.45, 2.75) is 38.6 Å². The molecule has 2 rings (SSSR count). The van der Waals surface area contributed by atoms with Gasteiger partial charge in [-0.15, -0.1) is 0 Å². The molecule has 10 nitrogen and oxygen atoms in total. The van der Waals surface area contributed by atoms with Crippen LogP contribution in [0.4, 0.5) is 10.5 Å². The number of amides is 2. The third-order valence-electron chi connectivity index (χ3n) is 3.82. The van der Waals surface area contributed by atoms with Crippen molar-refractivity contribution >= 4 is 17.7 Å². The fraction of sp³-hybridized carbons (Fsp3) is 0.444. The van der Waals surface area contributed by atoms with Crippen molar-refractivity contribution < 1.29 is 34.5 Å². The maximum absolute atomic E-state index is 12.1. The summed E-state index contributed by atoms with van der Waals surface area (Å²) in [5.74, 6) is -0.658. The number of para-hydroxylation sites is 1. The monoisotopic (exact) mass is 395 g/mol. The van der Waals surface area contributed by atoms with Crippen LogP contribution in [-0.4, -0.2) is 52.2 Å². The lowest BCUT2D eigenvalue weighted by Gasteiger charge is -2.34. The van der Waals surface area contributed by atoms with E-state index in [1.807, 2.05) is 13.8 Å². The Balaban J connectivity index is 2.11. The SMILES string of the molecule is CC(C)CC(=O)NC1=C(NOC(=O)Nc2ccccc2)OC(CO)C(O)C1O. The fourth-order valence-electron chi connectivity index (χ4n) is 2.48. The highest BCUT2D eigenvalue weighted by atomic mass is 16.7. The molecule has 154 valence electrons. The van der Waals surface area contributed by atoms with Crippen molar-refractivity contribution in [1.82, 2.24) is 10.8 Å². The molecular formula is C18H25N3O7. The number of hydroxylamine groups is 1. The van der Waals surface area contributed by atoms with Gasteiger partial charge in [0.2, 0.25) is 11.8 Å². The van der Waals surface area contributed by atoms with Crippen LogP contribution in [0.3, 0.4) is 0 Å². The van der Waals surface area contributed by atoms with E-state index in [2.05, 4.69) is 16.1 Å². The van der Waals surface area contributed by atoms with Gasteiger partial charge in [0, 0.05) is 12.1 Å². The Morgan fingerprint density at radius 1 is 1.18 bits per heavy atom. The summed E-state index contributed by atoms with van der Waals surface area (Å²) >= 11 is 0. The number of carbonyl (C=O) groups excluding carboxylic acids is 2. The Kier molecular flexibility index (Phi) is 7.61. The van der Waals surface area contributed by atoms with E-state index in [4.69, 9.17) is 9.57 Å². The first-order valence-electron chi connectivity index (χ1n) is 8.78. The summed E-state index contributed by atoms with van der Waals surface area (Å²) < 4.78 is 5.33. The lowest BCUT2D eigenvalue weighted by molar-refractivity contribution is -0.127. The number of hydrogen-bond donors (Lipinski definition) is 6. The lowest BCUT2D eigenvalue weighted by Crippen LogP contribution is -2.52. The van der Waals surface area contributed by atoms with E-state index in [-0.39, 0.29) is 23.9 Å². The zero-order valence-electron chi connectivity index (χ0n) is 15.6. The molecule has 6 N–H and O–H groups in total. The summed E-state index contributed by atoms with van der Waals surface area (Å²) in [4.78, 5) is 28.8. The van der Waals surface area contributed by atoms with Crippen molar-refractivity contribution in [3.8, 4) is 0 Å². The fourth-order valence-corrected chi connectivity index (χ4v) is 2.48. The molecular weight excluding hydrogens is 370 g/mol. The second-order valence-corrected chi connectivity index (χ2v) is 6.65. The molecule has 0 saturated heterocycles. The molecule has 0 radical (unpaired) electrons. The van der Waals surface area contributed by atoms with Gasteiger partial charge in [-0.3, -0.25) is 10.1 Å². The van der Waals surface area contributed by atoms with Gasteiger partial charge in [-0.2, -0.15) is 5.48 Å². The summed E-state index contributed by atoms with van der Waals surface area (Å²) in [5.41, 5.74) is 2.50. The standard InChI is InChI=1S/C18H25N3O7/c1-10(2)8-13(23)20-14-16(25)15(24)12(9-22)27-17(14)21-28-18(26)19-11-6-4-3-5-7-11/h3-7,10,12,15-16,21-22,24-25H,8-9H2,1-2H3,(H,19,26)(H,20,23). The van der Waals surface area contributed by atoms with Gasteiger partial charge in [-0.1, -0.05) is 32.0 Å². The molecule has 0 saturated carbocycles. The topological polar surface area (TPSA) is 149 Å². The smallest absolute Gasteiger partial charge is 0.436 e. The first kappa shape index (κ1) is 21.5. The lowest BCUT2D eigenvalue weighted by atomic mass is 10.0. The molecule has 1 aliphatic heterocycles. The average Bonchev–Trinajstić information content (AvgIpc) is 2.65. The Bertz CT molecular complexity index is 708. The van der Waals surface area contributed by atoms with E-state index < -0.39 is 36.9 Å². The summed E-state index contributed by atoms with van der Waals surface area (Å²) in [6.45, 7) is 3.08. The number of hydrogen-bond acceptors (Lipinski definition) is 8. The number of carbonyl (C=O) groups is 2. The minimum atomic E-state index is -1.56. The van der Waals surface area contributed by atoms with Crippen molar-refractivity contribution in [3.05, 3.63) is 41.9 Å². The first-order valence-corrected chi connectivity index (χ1v) is 8.78. The number of ether oxygens (including phenoxy) is 1. The molecule has 0 aromatic heterocycles. The molecule has 3 unspecified atom stereocenters. The predicted molar refractivity (Wildman–Crippen MR) is 98.3 cm³/mol. The number of anilines is 1. The Labute approximate surface area is 162 Å². The summed E-state index contributed by atoms with van der Waals surface area (Å²) in [5, 5.41) is 34.5.